The van der Waals surface area contributed by atoms with Crippen LogP contribution in [0.15, 0.2) is 36.7 Å². The number of fused-ring (bicyclic) bond motifs is 1. The molecule has 0 saturated heterocycles. The van der Waals surface area contributed by atoms with Gasteiger partial charge in [-0.3, -0.25) is 4.98 Å². The van der Waals surface area contributed by atoms with Crippen molar-refractivity contribution in [3.05, 3.63) is 42.2 Å². The maximum Gasteiger partial charge on any atom is 0.107 e. The van der Waals surface area contributed by atoms with Crippen LogP contribution in [0.25, 0.3) is 10.8 Å². The van der Waals surface area contributed by atoms with Crippen molar-refractivity contribution in [3.8, 4) is 0 Å². The van der Waals surface area contributed by atoms with Gasteiger partial charge in [0.15, 0.2) is 0 Å². The number of nitrogens with two attached hydrogens (primary N) is 1. The lowest BCUT2D eigenvalue weighted by Gasteiger charge is -2.28. The van der Waals surface area contributed by atoms with Crippen LogP contribution in [0.4, 0.5) is 0 Å². The van der Waals surface area contributed by atoms with Crippen LogP contribution in [-0.4, -0.2) is 16.6 Å². The van der Waals surface area contributed by atoms with E-state index in [-0.39, 0.29) is 6.54 Å². The summed E-state index contributed by atoms with van der Waals surface area (Å²) in [5, 5.41) is 12.9. The lowest BCUT2D eigenvalue weighted by atomic mass is 9.87. The summed E-state index contributed by atoms with van der Waals surface area (Å²) < 4.78 is 0. The van der Waals surface area contributed by atoms with E-state index >= 15 is 0 Å². The summed E-state index contributed by atoms with van der Waals surface area (Å²) in [4.78, 5) is 4.22. The van der Waals surface area contributed by atoms with E-state index in [2.05, 4.69) is 4.98 Å². The number of benzene rings is 1. The molecule has 0 bridgehead atoms. The Morgan fingerprint density at radius 3 is 2.76 bits per heavy atom. The summed E-state index contributed by atoms with van der Waals surface area (Å²) in [6.07, 6.45) is 5.68. The second-order valence-electron chi connectivity index (χ2n) is 4.81. The van der Waals surface area contributed by atoms with Crippen LogP contribution >= 0.6 is 0 Å². The second kappa shape index (κ2) is 3.79. The van der Waals surface area contributed by atoms with Crippen LogP contribution in [0.3, 0.4) is 0 Å². The summed E-state index contributed by atoms with van der Waals surface area (Å²) in [5.41, 5.74) is 5.76. The molecular weight excluding hydrogens is 212 g/mol. The van der Waals surface area contributed by atoms with Crippen LogP contribution in [0, 0.1) is 5.92 Å². The summed E-state index contributed by atoms with van der Waals surface area (Å²) in [6.45, 7) is 0.257. The molecule has 1 fully saturated rings. The molecule has 0 radical (unpaired) electrons. The van der Waals surface area contributed by atoms with Crippen molar-refractivity contribution in [2.24, 2.45) is 11.7 Å². The van der Waals surface area contributed by atoms with E-state index in [0.717, 1.165) is 29.2 Å². The molecule has 0 spiro atoms. The summed E-state index contributed by atoms with van der Waals surface area (Å²) in [6, 6.07) is 7.99. The molecule has 1 aromatic carbocycles. The summed E-state index contributed by atoms with van der Waals surface area (Å²) in [5.74, 6) is 0.292. The third kappa shape index (κ3) is 1.63. The second-order valence-corrected chi connectivity index (χ2v) is 4.81. The molecule has 1 aromatic heterocycles. The van der Waals surface area contributed by atoms with E-state index < -0.39 is 5.60 Å². The number of nitrogens with zero attached hydrogens (tertiary/aromatic N) is 1. The van der Waals surface area contributed by atoms with E-state index in [4.69, 9.17) is 5.73 Å². The van der Waals surface area contributed by atoms with E-state index in [1.807, 2.05) is 30.5 Å². The highest BCUT2D eigenvalue weighted by molar-refractivity contribution is 5.85. The highest BCUT2D eigenvalue weighted by Gasteiger charge is 2.45. The van der Waals surface area contributed by atoms with Crippen LogP contribution in [0.5, 0.6) is 0 Å². The first-order chi connectivity index (χ1) is 8.25. The Balaban J connectivity index is 2.22. The topological polar surface area (TPSA) is 59.1 Å². The Bertz CT molecular complexity index is 545. The zero-order valence-electron chi connectivity index (χ0n) is 9.63. The van der Waals surface area contributed by atoms with Gasteiger partial charge in [0.1, 0.15) is 5.60 Å². The van der Waals surface area contributed by atoms with Crippen molar-refractivity contribution < 1.29 is 5.11 Å². The van der Waals surface area contributed by atoms with Gasteiger partial charge in [0, 0.05) is 29.9 Å². The lowest BCUT2D eigenvalue weighted by molar-refractivity contribution is 0.0234. The molecule has 0 amide bonds. The molecular formula is C14H16N2O. The molecule has 3 nitrogen and oxygen atoms in total. The molecule has 1 atom stereocenters. The molecule has 0 aliphatic heterocycles. The maximum absolute atomic E-state index is 10.8. The molecule has 2 aromatic rings. The fourth-order valence-electron chi connectivity index (χ4n) is 2.52. The smallest absolute Gasteiger partial charge is 0.107 e. The molecule has 1 aliphatic carbocycles. The van der Waals surface area contributed by atoms with Gasteiger partial charge < -0.3 is 10.8 Å². The number of aliphatic hydroxyl groups is 1. The van der Waals surface area contributed by atoms with Crippen LogP contribution in [0.1, 0.15) is 18.4 Å². The highest BCUT2D eigenvalue weighted by atomic mass is 16.3. The fourth-order valence-corrected chi connectivity index (χ4v) is 2.52. The van der Waals surface area contributed by atoms with Gasteiger partial charge in [0.05, 0.1) is 0 Å². The van der Waals surface area contributed by atoms with Crippen molar-refractivity contribution in [3.63, 3.8) is 0 Å². The molecule has 1 saturated carbocycles. The Morgan fingerprint density at radius 2 is 2.06 bits per heavy atom. The van der Waals surface area contributed by atoms with Crippen molar-refractivity contribution >= 4 is 10.8 Å². The molecule has 1 heterocycles. The lowest BCUT2D eigenvalue weighted by Crippen LogP contribution is -2.37. The van der Waals surface area contributed by atoms with E-state index in [1.54, 1.807) is 6.20 Å². The number of aromatic nitrogens is 1. The van der Waals surface area contributed by atoms with Gasteiger partial charge in [0.25, 0.3) is 0 Å². The summed E-state index contributed by atoms with van der Waals surface area (Å²) in [7, 11) is 0. The van der Waals surface area contributed by atoms with Gasteiger partial charge in [-0.05, 0) is 24.1 Å². The molecule has 1 aliphatic rings. The zero-order chi connectivity index (χ0) is 11.9. The number of pyridine rings is 1. The normalized spacial score (nSPS) is 19.2. The molecule has 3 N–H and O–H groups in total. The van der Waals surface area contributed by atoms with Crippen molar-refractivity contribution in [1.82, 2.24) is 4.98 Å². The largest absolute Gasteiger partial charge is 0.383 e. The minimum atomic E-state index is -0.909. The van der Waals surface area contributed by atoms with Gasteiger partial charge in [-0.25, -0.2) is 0 Å². The first kappa shape index (κ1) is 10.7. The highest BCUT2D eigenvalue weighted by Crippen LogP contribution is 2.46. The average Bonchev–Trinajstić information content (AvgIpc) is 3.22. The molecule has 1 unspecified atom stereocenters. The van der Waals surface area contributed by atoms with Gasteiger partial charge in [0.2, 0.25) is 0 Å². The number of hydrogen-bond donors (Lipinski definition) is 2. The third-order valence-corrected chi connectivity index (χ3v) is 3.70. The molecule has 17 heavy (non-hydrogen) atoms. The van der Waals surface area contributed by atoms with Crippen LogP contribution in [0.2, 0.25) is 0 Å². The Labute approximate surface area is 100 Å². The van der Waals surface area contributed by atoms with Crippen molar-refractivity contribution in [2.45, 2.75) is 18.4 Å². The number of hydrogen-bond acceptors (Lipinski definition) is 3. The minimum Gasteiger partial charge on any atom is -0.383 e. The quantitative estimate of drug-likeness (QED) is 0.842. The van der Waals surface area contributed by atoms with E-state index in [9.17, 15) is 5.11 Å². The third-order valence-electron chi connectivity index (χ3n) is 3.70. The van der Waals surface area contributed by atoms with Gasteiger partial charge in [-0.15, -0.1) is 0 Å². The van der Waals surface area contributed by atoms with Crippen molar-refractivity contribution in [1.29, 1.82) is 0 Å². The SMILES string of the molecule is NCC(O)(c1cncc2ccccc12)C1CC1. The van der Waals surface area contributed by atoms with Crippen LogP contribution in [-0.2, 0) is 5.60 Å². The Hall–Kier alpha value is -1.45. The molecule has 3 heteroatoms. The van der Waals surface area contributed by atoms with Crippen LogP contribution < -0.4 is 5.73 Å². The standard InChI is InChI=1S/C14H16N2O/c15-9-14(17,11-5-6-11)13-8-16-7-10-3-1-2-4-12(10)13/h1-4,7-8,11,17H,5-6,9,15H2. The predicted molar refractivity (Wildman–Crippen MR) is 67.4 cm³/mol. The van der Waals surface area contributed by atoms with E-state index in [1.165, 1.54) is 0 Å². The average molecular weight is 228 g/mol. The minimum absolute atomic E-state index is 0.257. The first-order valence-electron chi connectivity index (χ1n) is 6.01. The summed E-state index contributed by atoms with van der Waals surface area (Å²) >= 11 is 0. The zero-order valence-corrected chi connectivity index (χ0v) is 9.63. The van der Waals surface area contributed by atoms with Gasteiger partial charge in [-0.1, -0.05) is 24.3 Å². The number of rotatable bonds is 3. The first-order valence-corrected chi connectivity index (χ1v) is 6.01. The van der Waals surface area contributed by atoms with Crippen molar-refractivity contribution in [2.75, 3.05) is 6.54 Å². The molecule has 88 valence electrons. The predicted octanol–water partition coefficient (Wildman–Crippen LogP) is 1.79. The molecule has 3 rings (SSSR count). The van der Waals surface area contributed by atoms with E-state index in [0.29, 0.717) is 5.92 Å². The maximum atomic E-state index is 10.8. The fraction of sp³-hybridized carbons (Fsp3) is 0.357. The Morgan fingerprint density at radius 1 is 1.29 bits per heavy atom. The van der Waals surface area contributed by atoms with Gasteiger partial charge in [-0.2, -0.15) is 0 Å². The monoisotopic (exact) mass is 228 g/mol. The Kier molecular flexibility index (Phi) is 2.38. The van der Waals surface area contributed by atoms with Gasteiger partial charge >= 0.3 is 0 Å².